The van der Waals surface area contributed by atoms with Crippen LogP contribution in [-0.4, -0.2) is 31.9 Å². The molecule has 0 aliphatic carbocycles. The molecule has 0 radical (unpaired) electrons. The molecule has 0 saturated carbocycles. The molecule has 0 aliphatic heterocycles. The number of methoxy groups -OCH3 is 2. The summed E-state index contributed by atoms with van der Waals surface area (Å²) in [6.45, 7) is -0.324. The molecule has 0 aliphatic rings. The number of carboxylic acids is 1. The lowest BCUT2D eigenvalue weighted by Crippen LogP contribution is -2.09. The fraction of sp³-hybridized carbons (Fsp3) is 0.316. The Labute approximate surface area is 141 Å². The molecule has 0 saturated heterocycles. The summed E-state index contributed by atoms with van der Waals surface area (Å²) >= 11 is 0. The first-order valence-electron chi connectivity index (χ1n) is 7.77. The second kappa shape index (κ2) is 8.82. The van der Waals surface area contributed by atoms with E-state index in [2.05, 4.69) is 0 Å². The van der Waals surface area contributed by atoms with E-state index in [0.717, 1.165) is 36.3 Å². The van der Waals surface area contributed by atoms with E-state index in [4.69, 9.17) is 19.3 Å². The Kier molecular flexibility index (Phi) is 6.49. The Morgan fingerprint density at radius 3 is 2.33 bits per heavy atom. The monoisotopic (exact) mass is 330 g/mol. The third kappa shape index (κ3) is 5.19. The lowest BCUT2D eigenvalue weighted by atomic mass is 10.0. The normalized spacial score (nSPS) is 10.2. The van der Waals surface area contributed by atoms with Crippen molar-refractivity contribution in [1.29, 1.82) is 0 Å². The van der Waals surface area contributed by atoms with Crippen LogP contribution in [0.5, 0.6) is 17.2 Å². The van der Waals surface area contributed by atoms with Crippen LogP contribution in [0.15, 0.2) is 42.5 Å². The maximum absolute atomic E-state index is 10.5. The summed E-state index contributed by atoms with van der Waals surface area (Å²) in [5.74, 6) is 1.07. The number of ether oxygens (including phenoxy) is 3. The van der Waals surface area contributed by atoms with Gasteiger partial charge in [0, 0.05) is 0 Å². The molecule has 0 bridgehead atoms. The zero-order chi connectivity index (χ0) is 17.4. The van der Waals surface area contributed by atoms with E-state index in [0.29, 0.717) is 5.75 Å². The molecule has 0 amide bonds. The summed E-state index contributed by atoms with van der Waals surface area (Å²) in [6, 6.07) is 13.5. The largest absolute Gasteiger partial charge is 0.493 e. The second-order valence-electron chi connectivity index (χ2n) is 5.37. The first-order valence-corrected chi connectivity index (χ1v) is 7.77. The molecule has 0 aromatic heterocycles. The minimum atomic E-state index is -0.978. The van der Waals surface area contributed by atoms with E-state index in [9.17, 15) is 4.79 Å². The van der Waals surface area contributed by atoms with Crippen LogP contribution in [0.3, 0.4) is 0 Å². The summed E-state index contributed by atoms with van der Waals surface area (Å²) in [6.07, 6.45) is 2.77. The summed E-state index contributed by atoms with van der Waals surface area (Å²) in [4.78, 5) is 10.5. The summed E-state index contributed by atoms with van der Waals surface area (Å²) < 4.78 is 15.7. The molecule has 0 atom stereocenters. The van der Waals surface area contributed by atoms with Gasteiger partial charge in [-0.3, -0.25) is 0 Å². The van der Waals surface area contributed by atoms with Crippen molar-refractivity contribution in [3.8, 4) is 17.2 Å². The number of aryl methyl sites for hydroxylation is 2. The number of benzene rings is 2. The predicted molar refractivity (Wildman–Crippen MR) is 91.1 cm³/mol. The molecular formula is C19H22O5. The van der Waals surface area contributed by atoms with Gasteiger partial charge in [0.05, 0.1) is 14.2 Å². The van der Waals surface area contributed by atoms with Crippen LogP contribution < -0.4 is 14.2 Å². The van der Waals surface area contributed by atoms with Crippen LogP contribution in [0, 0.1) is 0 Å². The molecule has 2 aromatic carbocycles. The van der Waals surface area contributed by atoms with Crippen LogP contribution in [-0.2, 0) is 17.6 Å². The molecule has 5 heteroatoms. The highest BCUT2D eigenvalue weighted by Gasteiger charge is 2.05. The van der Waals surface area contributed by atoms with E-state index in [1.165, 1.54) is 5.56 Å². The Morgan fingerprint density at radius 2 is 1.67 bits per heavy atom. The minimum Gasteiger partial charge on any atom is -0.493 e. The lowest BCUT2D eigenvalue weighted by Gasteiger charge is -2.10. The van der Waals surface area contributed by atoms with Crippen LogP contribution in [0.4, 0.5) is 0 Å². The van der Waals surface area contributed by atoms with Crippen LogP contribution in [0.1, 0.15) is 17.5 Å². The van der Waals surface area contributed by atoms with E-state index in [1.54, 1.807) is 20.3 Å². The van der Waals surface area contributed by atoms with E-state index >= 15 is 0 Å². The maximum Gasteiger partial charge on any atom is 0.341 e. The van der Waals surface area contributed by atoms with Gasteiger partial charge in [0.1, 0.15) is 5.75 Å². The standard InChI is InChI=1S/C19H22O5/c1-22-17-10-9-15(12-18(17)23-2)6-3-5-14-7-4-8-16(11-14)24-13-19(20)21/h4,7-12H,3,5-6,13H2,1-2H3,(H,20,21). The number of carbonyl (C=O) groups is 1. The SMILES string of the molecule is COc1ccc(CCCc2cccc(OCC(=O)O)c2)cc1OC. The zero-order valence-corrected chi connectivity index (χ0v) is 14.0. The highest BCUT2D eigenvalue weighted by atomic mass is 16.5. The van der Waals surface area contributed by atoms with Crippen molar-refractivity contribution in [2.45, 2.75) is 19.3 Å². The van der Waals surface area contributed by atoms with Gasteiger partial charge in [0.2, 0.25) is 0 Å². The number of hydrogen-bond acceptors (Lipinski definition) is 4. The van der Waals surface area contributed by atoms with Crippen LogP contribution in [0.25, 0.3) is 0 Å². The average Bonchev–Trinajstić information content (AvgIpc) is 2.60. The van der Waals surface area contributed by atoms with Gasteiger partial charge in [-0.05, 0) is 54.7 Å². The zero-order valence-electron chi connectivity index (χ0n) is 14.0. The topological polar surface area (TPSA) is 65.0 Å². The summed E-state index contributed by atoms with van der Waals surface area (Å²) in [5.41, 5.74) is 2.31. The average molecular weight is 330 g/mol. The van der Waals surface area contributed by atoms with Gasteiger partial charge < -0.3 is 19.3 Å². The van der Waals surface area contributed by atoms with Crippen molar-refractivity contribution in [2.24, 2.45) is 0 Å². The predicted octanol–water partition coefficient (Wildman–Crippen LogP) is 3.34. The van der Waals surface area contributed by atoms with Gasteiger partial charge in [-0.2, -0.15) is 0 Å². The Morgan fingerprint density at radius 1 is 0.958 bits per heavy atom. The number of carboxylic acid groups (broad SMARTS) is 1. The maximum atomic E-state index is 10.5. The van der Waals surface area contributed by atoms with Crippen molar-refractivity contribution < 1.29 is 24.1 Å². The van der Waals surface area contributed by atoms with Crippen LogP contribution >= 0.6 is 0 Å². The minimum absolute atomic E-state index is 0.324. The molecule has 24 heavy (non-hydrogen) atoms. The van der Waals surface area contributed by atoms with Crippen molar-refractivity contribution in [1.82, 2.24) is 0 Å². The third-order valence-electron chi connectivity index (χ3n) is 3.64. The van der Waals surface area contributed by atoms with Gasteiger partial charge in [0.25, 0.3) is 0 Å². The van der Waals surface area contributed by atoms with Crippen molar-refractivity contribution in [2.75, 3.05) is 20.8 Å². The fourth-order valence-electron chi connectivity index (χ4n) is 2.47. The van der Waals surface area contributed by atoms with Crippen molar-refractivity contribution in [3.63, 3.8) is 0 Å². The molecule has 2 aromatic rings. The Bertz CT molecular complexity index is 681. The van der Waals surface area contributed by atoms with Gasteiger partial charge in [-0.15, -0.1) is 0 Å². The summed E-state index contributed by atoms with van der Waals surface area (Å²) in [7, 11) is 3.25. The highest BCUT2D eigenvalue weighted by Crippen LogP contribution is 2.28. The van der Waals surface area contributed by atoms with Crippen LogP contribution in [0.2, 0.25) is 0 Å². The molecule has 5 nitrogen and oxygen atoms in total. The molecule has 0 heterocycles. The molecule has 1 N–H and O–H groups in total. The first kappa shape index (κ1) is 17.7. The van der Waals surface area contributed by atoms with Gasteiger partial charge in [-0.1, -0.05) is 18.2 Å². The number of aliphatic carboxylic acids is 1. The van der Waals surface area contributed by atoms with Crippen molar-refractivity contribution in [3.05, 3.63) is 53.6 Å². The smallest absolute Gasteiger partial charge is 0.341 e. The second-order valence-corrected chi connectivity index (χ2v) is 5.37. The molecule has 0 spiro atoms. The Hall–Kier alpha value is -2.69. The molecule has 0 fully saturated rings. The van der Waals surface area contributed by atoms with E-state index < -0.39 is 5.97 Å². The summed E-state index contributed by atoms with van der Waals surface area (Å²) in [5, 5.41) is 8.65. The number of rotatable bonds is 9. The molecular weight excluding hydrogens is 308 g/mol. The highest BCUT2D eigenvalue weighted by molar-refractivity contribution is 5.68. The molecule has 0 unspecified atom stereocenters. The fourth-order valence-corrected chi connectivity index (χ4v) is 2.47. The van der Waals surface area contributed by atoms with Gasteiger partial charge >= 0.3 is 5.97 Å². The number of hydrogen-bond donors (Lipinski definition) is 1. The van der Waals surface area contributed by atoms with E-state index in [1.807, 2.05) is 36.4 Å². The first-order chi connectivity index (χ1) is 11.6. The van der Waals surface area contributed by atoms with E-state index in [-0.39, 0.29) is 6.61 Å². The van der Waals surface area contributed by atoms with Crippen molar-refractivity contribution >= 4 is 5.97 Å². The van der Waals surface area contributed by atoms with Gasteiger partial charge in [-0.25, -0.2) is 4.79 Å². The lowest BCUT2D eigenvalue weighted by molar-refractivity contribution is -0.139. The Balaban J connectivity index is 1.90. The van der Waals surface area contributed by atoms with Gasteiger partial charge in [0.15, 0.2) is 18.1 Å². The third-order valence-corrected chi connectivity index (χ3v) is 3.64. The quantitative estimate of drug-likeness (QED) is 0.764. The molecule has 2 rings (SSSR count). The molecule has 128 valence electrons.